The molecule has 95 valence electrons. The van der Waals surface area contributed by atoms with Crippen LogP contribution in [-0.2, 0) is 6.42 Å². The van der Waals surface area contributed by atoms with Gasteiger partial charge in [0.15, 0.2) is 0 Å². The van der Waals surface area contributed by atoms with E-state index in [4.69, 9.17) is 0 Å². The maximum Gasteiger partial charge on any atom is 0.0451 e. The van der Waals surface area contributed by atoms with E-state index in [1.807, 2.05) is 6.20 Å². The molecule has 1 nitrogen and oxygen atoms in total. The maximum atomic E-state index is 4.34. The SMILES string of the molecule is CCCCCCc1ccccc1C1=C(C)[N]C=C1. The number of unbranched alkanes of at least 4 members (excludes halogenated alkanes) is 3. The van der Waals surface area contributed by atoms with Crippen LogP contribution in [0, 0.1) is 0 Å². The minimum atomic E-state index is 1.14. The van der Waals surface area contributed by atoms with Crippen LogP contribution in [0.15, 0.2) is 42.2 Å². The van der Waals surface area contributed by atoms with E-state index in [0.29, 0.717) is 0 Å². The molecule has 0 aromatic heterocycles. The summed E-state index contributed by atoms with van der Waals surface area (Å²) < 4.78 is 0. The standard InChI is InChI=1S/C17H22N/c1-3-4-5-6-9-15-10-7-8-11-17(15)16-12-13-18-14(16)2/h7-8,10-13H,3-6,9H2,1-2H3. The molecule has 0 amide bonds. The van der Waals surface area contributed by atoms with E-state index in [1.165, 1.54) is 48.8 Å². The molecule has 1 radical (unpaired) electrons. The molecule has 0 atom stereocenters. The van der Waals surface area contributed by atoms with Crippen molar-refractivity contribution in [3.05, 3.63) is 53.4 Å². The normalized spacial score (nSPS) is 14.1. The molecule has 1 heteroatoms. The summed E-state index contributed by atoms with van der Waals surface area (Å²) in [6.45, 7) is 4.34. The minimum absolute atomic E-state index is 1.14. The van der Waals surface area contributed by atoms with Crippen LogP contribution in [0.1, 0.15) is 50.7 Å². The van der Waals surface area contributed by atoms with E-state index in [2.05, 4.69) is 49.5 Å². The predicted octanol–water partition coefficient (Wildman–Crippen LogP) is 4.67. The van der Waals surface area contributed by atoms with Crippen molar-refractivity contribution in [1.29, 1.82) is 0 Å². The molecule has 0 saturated heterocycles. The molecule has 0 aliphatic carbocycles. The zero-order valence-corrected chi connectivity index (χ0v) is 11.4. The smallest absolute Gasteiger partial charge is 0.0451 e. The molecule has 2 rings (SSSR count). The van der Waals surface area contributed by atoms with Gasteiger partial charge in [-0.2, -0.15) is 0 Å². The summed E-state index contributed by atoms with van der Waals surface area (Å²) in [4.78, 5) is 0. The Balaban J connectivity index is 2.11. The second-order valence-corrected chi connectivity index (χ2v) is 4.91. The Bertz CT molecular complexity index is 454. The predicted molar refractivity (Wildman–Crippen MR) is 78.2 cm³/mol. The van der Waals surface area contributed by atoms with Crippen molar-refractivity contribution >= 4 is 5.57 Å². The van der Waals surface area contributed by atoms with Crippen molar-refractivity contribution in [3.8, 4) is 0 Å². The second-order valence-electron chi connectivity index (χ2n) is 4.91. The molecule has 0 saturated carbocycles. The summed E-state index contributed by atoms with van der Waals surface area (Å²) in [7, 11) is 0. The average molecular weight is 240 g/mol. The summed E-state index contributed by atoms with van der Waals surface area (Å²) in [6, 6.07) is 8.74. The van der Waals surface area contributed by atoms with Gasteiger partial charge in [-0.1, -0.05) is 50.5 Å². The third-order valence-corrected chi connectivity index (χ3v) is 3.51. The van der Waals surface area contributed by atoms with Crippen molar-refractivity contribution in [2.75, 3.05) is 0 Å². The van der Waals surface area contributed by atoms with Crippen LogP contribution in [-0.4, -0.2) is 0 Å². The third-order valence-electron chi connectivity index (χ3n) is 3.51. The average Bonchev–Trinajstić information content (AvgIpc) is 2.81. The fraction of sp³-hybridized carbons (Fsp3) is 0.412. The van der Waals surface area contributed by atoms with Gasteiger partial charge in [-0.05, 0) is 37.0 Å². The summed E-state index contributed by atoms with van der Waals surface area (Å²) in [6.07, 6.45) is 10.5. The lowest BCUT2D eigenvalue weighted by molar-refractivity contribution is 0.666. The van der Waals surface area contributed by atoms with Gasteiger partial charge in [0.05, 0.1) is 0 Å². The second kappa shape index (κ2) is 6.44. The van der Waals surface area contributed by atoms with Gasteiger partial charge < -0.3 is 0 Å². The van der Waals surface area contributed by atoms with Crippen molar-refractivity contribution in [2.24, 2.45) is 0 Å². The first kappa shape index (κ1) is 12.9. The molecule has 1 heterocycles. The largest absolute Gasteiger partial charge is 0.261 e. The lowest BCUT2D eigenvalue weighted by atomic mass is 9.95. The first-order valence-electron chi connectivity index (χ1n) is 6.99. The van der Waals surface area contributed by atoms with Crippen LogP contribution in [0.3, 0.4) is 0 Å². The van der Waals surface area contributed by atoms with Crippen LogP contribution >= 0.6 is 0 Å². The Hall–Kier alpha value is -1.50. The highest BCUT2D eigenvalue weighted by molar-refractivity contribution is 5.80. The van der Waals surface area contributed by atoms with Crippen LogP contribution in [0.2, 0.25) is 0 Å². The van der Waals surface area contributed by atoms with Crippen LogP contribution in [0.4, 0.5) is 0 Å². The quantitative estimate of drug-likeness (QED) is 0.641. The van der Waals surface area contributed by atoms with E-state index in [9.17, 15) is 0 Å². The fourth-order valence-electron chi connectivity index (χ4n) is 2.44. The summed E-state index contributed by atoms with van der Waals surface area (Å²) >= 11 is 0. The van der Waals surface area contributed by atoms with Crippen LogP contribution in [0.5, 0.6) is 0 Å². The Morgan fingerprint density at radius 3 is 2.61 bits per heavy atom. The Morgan fingerprint density at radius 1 is 1.06 bits per heavy atom. The van der Waals surface area contributed by atoms with E-state index >= 15 is 0 Å². The first-order chi connectivity index (χ1) is 8.83. The van der Waals surface area contributed by atoms with E-state index in [-0.39, 0.29) is 0 Å². The van der Waals surface area contributed by atoms with Crippen molar-refractivity contribution < 1.29 is 0 Å². The number of aryl methyl sites for hydroxylation is 1. The molecular formula is C17H22N. The van der Waals surface area contributed by atoms with Gasteiger partial charge in [0.2, 0.25) is 0 Å². The topological polar surface area (TPSA) is 14.1 Å². The van der Waals surface area contributed by atoms with Gasteiger partial charge in [-0.15, -0.1) is 0 Å². The lowest BCUT2D eigenvalue weighted by Crippen LogP contribution is -1.95. The Labute approximate surface area is 111 Å². The Kier molecular flexibility index (Phi) is 4.63. The molecule has 0 unspecified atom stereocenters. The number of hydrogen-bond donors (Lipinski definition) is 0. The number of rotatable bonds is 6. The number of nitrogens with zero attached hydrogens (tertiary/aromatic N) is 1. The minimum Gasteiger partial charge on any atom is -0.261 e. The molecule has 0 fully saturated rings. The number of allylic oxidation sites excluding steroid dienone is 3. The molecule has 1 aromatic carbocycles. The van der Waals surface area contributed by atoms with Crippen molar-refractivity contribution in [2.45, 2.75) is 46.0 Å². The number of benzene rings is 1. The zero-order valence-electron chi connectivity index (χ0n) is 11.4. The lowest BCUT2D eigenvalue weighted by Gasteiger charge is -2.10. The zero-order chi connectivity index (χ0) is 12.8. The summed E-state index contributed by atoms with van der Waals surface area (Å²) in [5.41, 5.74) is 5.26. The van der Waals surface area contributed by atoms with Gasteiger partial charge in [-0.25, -0.2) is 0 Å². The van der Waals surface area contributed by atoms with Crippen LogP contribution < -0.4 is 5.32 Å². The molecule has 1 aliphatic rings. The molecule has 1 aliphatic heterocycles. The highest BCUT2D eigenvalue weighted by Gasteiger charge is 2.11. The molecule has 1 aromatic rings. The van der Waals surface area contributed by atoms with E-state index in [1.54, 1.807) is 0 Å². The number of hydrogen-bond acceptors (Lipinski definition) is 0. The maximum absolute atomic E-state index is 4.34. The van der Waals surface area contributed by atoms with Gasteiger partial charge in [0, 0.05) is 17.5 Å². The van der Waals surface area contributed by atoms with Crippen LogP contribution in [0.25, 0.3) is 5.57 Å². The monoisotopic (exact) mass is 240 g/mol. The fourth-order valence-corrected chi connectivity index (χ4v) is 2.44. The van der Waals surface area contributed by atoms with Crippen molar-refractivity contribution in [3.63, 3.8) is 0 Å². The third kappa shape index (κ3) is 3.04. The Morgan fingerprint density at radius 2 is 1.89 bits per heavy atom. The summed E-state index contributed by atoms with van der Waals surface area (Å²) in [5, 5.41) is 4.34. The van der Waals surface area contributed by atoms with Crippen molar-refractivity contribution in [1.82, 2.24) is 5.32 Å². The molecule has 0 bridgehead atoms. The van der Waals surface area contributed by atoms with Gasteiger partial charge >= 0.3 is 0 Å². The van der Waals surface area contributed by atoms with Gasteiger partial charge in [0.25, 0.3) is 0 Å². The van der Waals surface area contributed by atoms with E-state index in [0.717, 1.165) is 5.70 Å². The van der Waals surface area contributed by atoms with Gasteiger partial charge in [0.1, 0.15) is 0 Å². The molecular weight excluding hydrogens is 218 g/mol. The van der Waals surface area contributed by atoms with E-state index < -0.39 is 0 Å². The highest BCUT2D eigenvalue weighted by atomic mass is 14.9. The summed E-state index contributed by atoms with van der Waals surface area (Å²) in [5.74, 6) is 0. The highest BCUT2D eigenvalue weighted by Crippen LogP contribution is 2.27. The molecule has 0 spiro atoms. The van der Waals surface area contributed by atoms with Gasteiger partial charge in [-0.3, -0.25) is 5.32 Å². The molecule has 0 N–H and O–H groups in total. The first-order valence-corrected chi connectivity index (χ1v) is 6.99. The molecule has 18 heavy (non-hydrogen) atoms.